The molecule has 1 amide bonds. The highest BCUT2D eigenvalue weighted by molar-refractivity contribution is 6.30. The molecule has 0 saturated heterocycles. The molecule has 0 aliphatic rings. The summed E-state index contributed by atoms with van der Waals surface area (Å²) in [7, 11) is 1.63. The van der Waals surface area contributed by atoms with Gasteiger partial charge in [0.15, 0.2) is 0 Å². The highest BCUT2D eigenvalue weighted by atomic mass is 35.5. The molecule has 4 heteroatoms. The number of hydrogen-bond acceptors (Lipinski definition) is 2. The minimum Gasteiger partial charge on any atom is -0.355 e. The summed E-state index contributed by atoms with van der Waals surface area (Å²) >= 11 is 6.00. The Kier molecular flexibility index (Phi) is 5.37. The van der Waals surface area contributed by atoms with Gasteiger partial charge < -0.3 is 10.6 Å². The highest BCUT2D eigenvalue weighted by Gasteiger charge is 2.06. The van der Waals surface area contributed by atoms with E-state index in [2.05, 4.69) is 23.6 Å². The lowest BCUT2D eigenvalue weighted by atomic mass is 10.1. The van der Waals surface area contributed by atoms with E-state index in [-0.39, 0.29) is 11.9 Å². The summed E-state index contributed by atoms with van der Waals surface area (Å²) < 4.78 is 0. The van der Waals surface area contributed by atoms with Gasteiger partial charge in [-0.1, -0.05) is 35.9 Å². The van der Waals surface area contributed by atoms with E-state index in [0.717, 1.165) is 22.7 Å². The Bertz CT molecular complexity index is 610. The van der Waals surface area contributed by atoms with Gasteiger partial charge in [0.25, 0.3) is 5.91 Å². The molecule has 0 aliphatic carbocycles. The quantitative estimate of drug-likeness (QED) is 0.887. The lowest BCUT2D eigenvalue weighted by Crippen LogP contribution is -2.19. The molecule has 0 saturated carbocycles. The Morgan fingerprint density at radius 2 is 1.90 bits per heavy atom. The Balaban J connectivity index is 1.95. The topological polar surface area (TPSA) is 41.1 Å². The van der Waals surface area contributed by atoms with E-state index >= 15 is 0 Å². The minimum atomic E-state index is -0.0678. The summed E-state index contributed by atoms with van der Waals surface area (Å²) in [5.41, 5.74) is 2.96. The van der Waals surface area contributed by atoms with Crippen LogP contribution < -0.4 is 10.6 Å². The average Bonchev–Trinajstić information content (AvgIpc) is 2.52. The van der Waals surface area contributed by atoms with Gasteiger partial charge >= 0.3 is 0 Å². The zero-order valence-electron chi connectivity index (χ0n) is 12.2. The third kappa shape index (κ3) is 4.31. The summed E-state index contributed by atoms with van der Waals surface area (Å²) in [5, 5.41) is 6.80. The maximum Gasteiger partial charge on any atom is 0.251 e. The van der Waals surface area contributed by atoms with Gasteiger partial charge in [-0.3, -0.25) is 4.79 Å². The summed E-state index contributed by atoms with van der Waals surface area (Å²) in [6.07, 6.45) is 0. The van der Waals surface area contributed by atoms with Crippen LogP contribution in [-0.2, 0) is 6.54 Å². The van der Waals surface area contributed by atoms with Crippen molar-refractivity contribution in [1.82, 2.24) is 10.6 Å². The molecule has 0 aliphatic heterocycles. The van der Waals surface area contributed by atoms with Crippen LogP contribution in [0.1, 0.15) is 34.5 Å². The highest BCUT2D eigenvalue weighted by Crippen LogP contribution is 2.17. The molecule has 0 aromatic heterocycles. The van der Waals surface area contributed by atoms with Crippen LogP contribution in [-0.4, -0.2) is 13.0 Å². The standard InChI is InChI=1S/C17H19ClN2O/c1-12(15-4-3-5-16(18)10-15)20-11-13-6-8-14(9-7-13)17(21)19-2/h3-10,12,20H,11H2,1-2H3,(H,19,21). The van der Waals surface area contributed by atoms with E-state index in [9.17, 15) is 4.79 Å². The fraction of sp³-hybridized carbons (Fsp3) is 0.235. The molecule has 2 rings (SSSR count). The number of amides is 1. The first-order valence-corrected chi connectivity index (χ1v) is 7.28. The molecule has 2 aromatic rings. The maximum atomic E-state index is 11.5. The number of halogens is 1. The third-order valence-corrected chi connectivity index (χ3v) is 3.64. The largest absolute Gasteiger partial charge is 0.355 e. The SMILES string of the molecule is CNC(=O)c1ccc(CNC(C)c2cccc(Cl)c2)cc1. The Labute approximate surface area is 130 Å². The van der Waals surface area contributed by atoms with E-state index in [1.165, 1.54) is 0 Å². The normalized spacial score (nSPS) is 12.0. The first-order chi connectivity index (χ1) is 10.1. The van der Waals surface area contributed by atoms with E-state index in [1.807, 2.05) is 42.5 Å². The fourth-order valence-corrected chi connectivity index (χ4v) is 2.28. The smallest absolute Gasteiger partial charge is 0.251 e. The van der Waals surface area contributed by atoms with Crippen LogP contribution in [0.2, 0.25) is 5.02 Å². The van der Waals surface area contributed by atoms with Crippen LogP contribution in [0, 0.1) is 0 Å². The van der Waals surface area contributed by atoms with Gasteiger partial charge in [0.2, 0.25) is 0 Å². The summed E-state index contributed by atoms with van der Waals surface area (Å²) in [6, 6.07) is 15.6. The number of carbonyl (C=O) groups is 1. The predicted octanol–water partition coefficient (Wildman–Crippen LogP) is 3.55. The second-order valence-corrected chi connectivity index (χ2v) is 5.37. The van der Waals surface area contributed by atoms with Crippen molar-refractivity contribution in [3.8, 4) is 0 Å². The van der Waals surface area contributed by atoms with E-state index in [4.69, 9.17) is 11.6 Å². The first-order valence-electron chi connectivity index (χ1n) is 6.90. The molecular formula is C17H19ClN2O. The average molecular weight is 303 g/mol. The predicted molar refractivity (Wildman–Crippen MR) is 86.5 cm³/mol. The Morgan fingerprint density at radius 3 is 2.52 bits per heavy atom. The zero-order valence-corrected chi connectivity index (χ0v) is 12.9. The second-order valence-electron chi connectivity index (χ2n) is 4.93. The number of benzene rings is 2. The van der Waals surface area contributed by atoms with Gasteiger partial charge in [0, 0.05) is 30.2 Å². The van der Waals surface area contributed by atoms with E-state index < -0.39 is 0 Å². The van der Waals surface area contributed by atoms with Crippen molar-refractivity contribution in [2.45, 2.75) is 19.5 Å². The minimum absolute atomic E-state index is 0.0678. The van der Waals surface area contributed by atoms with E-state index in [0.29, 0.717) is 5.56 Å². The number of nitrogens with one attached hydrogen (secondary N) is 2. The van der Waals surface area contributed by atoms with Crippen molar-refractivity contribution in [3.05, 3.63) is 70.2 Å². The molecule has 1 atom stereocenters. The molecule has 0 bridgehead atoms. The number of rotatable bonds is 5. The molecule has 0 fully saturated rings. The van der Waals surface area contributed by atoms with Crippen molar-refractivity contribution in [2.24, 2.45) is 0 Å². The van der Waals surface area contributed by atoms with Crippen LogP contribution in [0.25, 0.3) is 0 Å². The summed E-state index contributed by atoms with van der Waals surface area (Å²) in [4.78, 5) is 11.5. The molecule has 2 aromatic carbocycles. The fourth-order valence-electron chi connectivity index (χ4n) is 2.08. The van der Waals surface area contributed by atoms with E-state index in [1.54, 1.807) is 7.05 Å². The summed E-state index contributed by atoms with van der Waals surface area (Å²) in [6.45, 7) is 2.84. The van der Waals surface area contributed by atoms with Crippen LogP contribution in [0.3, 0.4) is 0 Å². The van der Waals surface area contributed by atoms with Gasteiger partial charge in [0.05, 0.1) is 0 Å². The van der Waals surface area contributed by atoms with Gasteiger partial charge in [-0.05, 0) is 42.3 Å². The van der Waals surface area contributed by atoms with Crippen molar-refractivity contribution in [2.75, 3.05) is 7.05 Å². The van der Waals surface area contributed by atoms with Crippen molar-refractivity contribution >= 4 is 17.5 Å². The molecule has 3 nitrogen and oxygen atoms in total. The van der Waals surface area contributed by atoms with Crippen LogP contribution >= 0.6 is 11.6 Å². The third-order valence-electron chi connectivity index (χ3n) is 3.40. The second kappa shape index (κ2) is 7.25. The first kappa shape index (κ1) is 15.5. The lowest BCUT2D eigenvalue weighted by Gasteiger charge is -2.14. The van der Waals surface area contributed by atoms with Gasteiger partial charge in [0.1, 0.15) is 0 Å². The zero-order chi connectivity index (χ0) is 15.2. The van der Waals surface area contributed by atoms with Crippen LogP contribution in [0.5, 0.6) is 0 Å². The molecular weight excluding hydrogens is 284 g/mol. The van der Waals surface area contributed by atoms with Crippen molar-refractivity contribution in [1.29, 1.82) is 0 Å². The summed E-state index contributed by atoms with van der Waals surface area (Å²) in [5.74, 6) is -0.0678. The molecule has 0 spiro atoms. The molecule has 110 valence electrons. The van der Waals surface area contributed by atoms with Gasteiger partial charge in [-0.15, -0.1) is 0 Å². The number of carbonyl (C=O) groups excluding carboxylic acids is 1. The molecule has 21 heavy (non-hydrogen) atoms. The van der Waals surface area contributed by atoms with Crippen LogP contribution in [0.4, 0.5) is 0 Å². The monoisotopic (exact) mass is 302 g/mol. The molecule has 2 N–H and O–H groups in total. The number of hydrogen-bond donors (Lipinski definition) is 2. The van der Waals surface area contributed by atoms with Gasteiger partial charge in [-0.2, -0.15) is 0 Å². The van der Waals surface area contributed by atoms with Crippen molar-refractivity contribution in [3.63, 3.8) is 0 Å². The van der Waals surface area contributed by atoms with Gasteiger partial charge in [-0.25, -0.2) is 0 Å². The maximum absolute atomic E-state index is 11.5. The van der Waals surface area contributed by atoms with Crippen molar-refractivity contribution < 1.29 is 4.79 Å². The lowest BCUT2D eigenvalue weighted by molar-refractivity contribution is 0.0963. The Hall–Kier alpha value is -1.84. The molecule has 0 radical (unpaired) electrons. The Morgan fingerprint density at radius 1 is 1.19 bits per heavy atom. The van der Waals surface area contributed by atoms with Crippen LogP contribution in [0.15, 0.2) is 48.5 Å². The molecule has 1 unspecified atom stereocenters. The molecule has 0 heterocycles.